The van der Waals surface area contributed by atoms with Gasteiger partial charge >= 0.3 is 12.0 Å². The summed E-state index contributed by atoms with van der Waals surface area (Å²) in [5, 5.41) is 24.4. The van der Waals surface area contributed by atoms with Gasteiger partial charge in [-0.15, -0.1) is 0 Å². The Morgan fingerprint density at radius 3 is 2.29 bits per heavy atom. The molecular formula is C9H17N3O5. The van der Waals surface area contributed by atoms with E-state index in [0.29, 0.717) is 0 Å². The van der Waals surface area contributed by atoms with Crippen molar-refractivity contribution in [3.63, 3.8) is 0 Å². The van der Waals surface area contributed by atoms with E-state index in [9.17, 15) is 14.4 Å². The Kier molecular flexibility index (Phi) is 7.44. The van der Waals surface area contributed by atoms with Crippen LogP contribution >= 0.6 is 0 Å². The number of aliphatic hydroxyl groups excluding tert-OH is 1. The summed E-state index contributed by atoms with van der Waals surface area (Å²) in [6.45, 7) is 0.228. The zero-order valence-electron chi connectivity index (χ0n) is 9.52. The quantitative estimate of drug-likeness (QED) is 0.365. The van der Waals surface area contributed by atoms with Crippen LogP contribution in [-0.4, -0.2) is 54.4 Å². The van der Waals surface area contributed by atoms with Crippen LogP contribution in [0.1, 0.15) is 12.8 Å². The van der Waals surface area contributed by atoms with Gasteiger partial charge in [-0.3, -0.25) is 4.79 Å². The van der Waals surface area contributed by atoms with Crippen LogP contribution in [0.15, 0.2) is 0 Å². The van der Waals surface area contributed by atoms with Crippen LogP contribution in [0.25, 0.3) is 0 Å². The second kappa shape index (κ2) is 8.34. The molecule has 98 valence electrons. The van der Waals surface area contributed by atoms with E-state index in [1.165, 1.54) is 7.05 Å². The van der Waals surface area contributed by atoms with Crippen LogP contribution in [0.4, 0.5) is 4.79 Å². The highest BCUT2D eigenvalue weighted by molar-refractivity contribution is 5.78. The Bertz CT molecular complexity index is 282. The monoisotopic (exact) mass is 247 g/mol. The second-order valence-electron chi connectivity index (χ2n) is 3.25. The first kappa shape index (κ1) is 15.2. The minimum atomic E-state index is -1.49. The largest absolute Gasteiger partial charge is 0.479 e. The number of carboxylic acids is 1. The van der Waals surface area contributed by atoms with Crippen molar-refractivity contribution in [2.45, 2.75) is 18.9 Å². The van der Waals surface area contributed by atoms with Gasteiger partial charge in [-0.2, -0.15) is 0 Å². The number of amides is 3. The van der Waals surface area contributed by atoms with E-state index in [2.05, 4.69) is 16.0 Å². The van der Waals surface area contributed by atoms with Gasteiger partial charge in [0, 0.05) is 33.0 Å². The number of rotatable bonds is 7. The van der Waals surface area contributed by atoms with Crippen molar-refractivity contribution in [3.05, 3.63) is 0 Å². The van der Waals surface area contributed by atoms with Gasteiger partial charge in [-0.05, 0) is 0 Å². The minimum absolute atomic E-state index is 0.0409. The summed E-state index contributed by atoms with van der Waals surface area (Å²) < 4.78 is 0. The first-order valence-corrected chi connectivity index (χ1v) is 5.10. The minimum Gasteiger partial charge on any atom is -0.479 e. The molecule has 0 aliphatic carbocycles. The zero-order valence-corrected chi connectivity index (χ0v) is 9.52. The molecule has 0 aliphatic rings. The molecule has 1 atom stereocenters. The lowest BCUT2D eigenvalue weighted by molar-refractivity contribution is -0.146. The SMILES string of the molecule is CNC(=O)CCNC(=O)NCCC(O)C(=O)O. The molecule has 0 aliphatic heterocycles. The number of carbonyl (C=O) groups excluding carboxylic acids is 2. The maximum Gasteiger partial charge on any atom is 0.332 e. The number of carbonyl (C=O) groups is 3. The fraction of sp³-hybridized carbons (Fsp3) is 0.667. The van der Waals surface area contributed by atoms with E-state index in [0.717, 1.165) is 0 Å². The van der Waals surface area contributed by atoms with Crippen molar-refractivity contribution in [3.8, 4) is 0 Å². The number of carboxylic acid groups (broad SMARTS) is 1. The number of hydrogen-bond acceptors (Lipinski definition) is 4. The molecule has 1 unspecified atom stereocenters. The highest BCUT2D eigenvalue weighted by Gasteiger charge is 2.12. The fourth-order valence-electron chi connectivity index (χ4n) is 0.923. The predicted octanol–water partition coefficient (Wildman–Crippen LogP) is -1.74. The van der Waals surface area contributed by atoms with Gasteiger partial charge in [0.2, 0.25) is 5.91 Å². The van der Waals surface area contributed by atoms with Gasteiger partial charge in [0.25, 0.3) is 0 Å². The molecule has 0 rings (SSSR count). The topological polar surface area (TPSA) is 128 Å². The molecule has 0 saturated carbocycles. The highest BCUT2D eigenvalue weighted by Crippen LogP contribution is 1.89. The molecule has 0 radical (unpaired) electrons. The van der Waals surface area contributed by atoms with Gasteiger partial charge in [0.05, 0.1) is 0 Å². The summed E-state index contributed by atoms with van der Waals surface area (Å²) >= 11 is 0. The van der Waals surface area contributed by atoms with Crippen molar-refractivity contribution in [2.75, 3.05) is 20.1 Å². The number of urea groups is 1. The van der Waals surface area contributed by atoms with Crippen LogP contribution < -0.4 is 16.0 Å². The summed E-state index contributed by atoms with van der Waals surface area (Å²) in [4.78, 5) is 32.1. The normalized spacial score (nSPS) is 11.4. The van der Waals surface area contributed by atoms with E-state index in [4.69, 9.17) is 10.2 Å². The molecular weight excluding hydrogens is 230 g/mol. The Hall–Kier alpha value is -1.83. The zero-order chi connectivity index (χ0) is 13.3. The summed E-state index contributed by atoms with van der Waals surface area (Å²) in [7, 11) is 1.50. The standard InChI is InChI=1S/C9H17N3O5/c1-10-7(14)3-5-12-9(17)11-4-2-6(13)8(15)16/h6,13H,2-5H2,1H3,(H,10,14)(H,15,16)(H2,11,12,17). The molecule has 0 aromatic rings. The molecule has 17 heavy (non-hydrogen) atoms. The second-order valence-corrected chi connectivity index (χ2v) is 3.25. The Morgan fingerprint density at radius 1 is 1.18 bits per heavy atom. The molecule has 0 spiro atoms. The fourth-order valence-corrected chi connectivity index (χ4v) is 0.923. The highest BCUT2D eigenvalue weighted by atomic mass is 16.4. The molecule has 0 aromatic heterocycles. The summed E-state index contributed by atoms with van der Waals surface area (Å²) in [6, 6.07) is -0.508. The van der Waals surface area contributed by atoms with E-state index in [1.807, 2.05) is 0 Å². The van der Waals surface area contributed by atoms with Crippen molar-refractivity contribution in [2.24, 2.45) is 0 Å². The summed E-state index contributed by atoms with van der Waals surface area (Å²) in [6.07, 6.45) is -1.39. The molecule has 0 bridgehead atoms. The van der Waals surface area contributed by atoms with E-state index in [-0.39, 0.29) is 31.8 Å². The molecule has 8 nitrogen and oxygen atoms in total. The summed E-state index contributed by atoms with van der Waals surface area (Å²) in [5.41, 5.74) is 0. The van der Waals surface area contributed by atoms with Gasteiger partial charge in [-0.25, -0.2) is 9.59 Å². The first-order valence-electron chi connectivity index (χ1n) is 5.10. The van der Waals surface area contributed by atoms with Gasteiger partial charge in [-0.1, -0.05) is 0 Å². The Balaban J connectivity index is 3.53. The van der Waals surface area contributed by atoms with Crippen molar-refractivity contribution in [1.82, 2.24) is 16.0 Å². The Morgan fingerprint density at radius 2 is 1.76 bits per heavy atom. The first-order chi connectivity index (χ1) is 7.97. The third-order valence-electron chi connectivity index (χ3n) is 1.90. The summed E-state index contributed by atoms with van der Waals surface area (Å²) in [5.74, 6) is -1.52. The van der Waals surface area contributed by atoms with Crippen molar-refractivity contribution >= 4 is 17.9 Å². The number of aliphatic hydroxyl groups is 1. The lowest BCUT2D eigenvalue weighted by Crippen LogP contribution is -2.39. The van der Waals surface area contributed by atoms with E-state index in [1.54, 1.807) is 0 Å². The lowest BCUT2D eigenvalue weighted by atomic mass is 10.2. The molecule has 8 heteroatoms. The smallest absolute Gasteiger partial charge is 0.332 e. The lowest BCUT2D eigenvalue weighted by Gasteiger charge is -2.08. The van der Waals surface area contributed by atoms with Crippen LogP contribution in [-0.2, 0) is 9.59 Å². The molecule has 0 aromatic carbocycles. The van der Waals surface area contributed by atoms with Crippen LogP contribution in [0.3, 0.4) is 0 Å². The predicted molar refractivity (Wildman–Crippen MR) is 58.3 cm³/mol. The van der Waals surface area contributed by atoms with Gasteiger partial charge < -0.3 is 26.2 Å². The maximum absolute atomic E-state index is 11.1. The van der Waals surface area contributed by atoms with E-state index < -0.39 is 18.1 Å². The number of aliphatic carboxylic acids is 1. The maximum atomic E-state index is 11.1. The molecule has 0 fully saturated rings. The number of nitrogens with one attached hydrogen (secondary N) is 3. The van der Waals surface area contributed by atoms with Crippen LogP contribution in [0.2, 0.25) is 0 Å². The van der Waals surface area contributed by atoms with Crippen LogP contribution in [0.5, 0.6) is 0 Å². The number of hydrogen-bond donors (Lipinski definition) is 5. The van der Waals surface area contributed by atoms with Gasteiger partial charge in [0.1, 0.15) is 0 Å². The third-order valence-corrected chi connectivity index (χ3v) is 1.90. The van der Waals surface area contributed by atoms with Crippen LogP contribution in [0, 0.1) is 0 Å². The Labute approximate surface area is 98.4 Å². The molecule has 0 saturated heterocycles. The molecule has 3 amide bonds. The van der Waals surface area contributed by atoms with Crippen molar-refractivity contribution in [1.29, 1.82) is 0 Å². The van der Waals surface area contributed by atoms with E-state index >= 15 is 0 Å². The molecule has 0 heterocycles. The average Bonchev–Trinajstić information content (AvgIpc) is 2.28. The average molecular weight is 247 g/mol. The van der Waals surface area contributed by atoms with Gasteiger partial charge in [0.15, 0.2) is 6.10 Å². The molecule has 5 N–H and O–H groups in total. The third kappa shape index (κ3) is 8.03. The van der Waals surface area contributed by atoms with Crippen molar-refractivity contribution < 1.29 is 24.6 Å².